The normalized spacial score (nSPS) is 17.0. The van der Waals surface area contributed by atoms with Crippen molar-refractivity contribution in [2.45, 2.75) is 106 Å². The van der Waals surface area contributed by atoms with Gasteiger partial charge in [-0.2, -0.15) is 4.39 Å². The molecule has 4 aliphatic heterocycles. The van der Waals surface area contributed by atoms with Crippen LogP contribution in [0.15, 0.2) is 47.8 Å². The lowest BCUT2D eigenvalue weighted by Gasteiger charge is -2.32. The number of nitrogens with zero attached hydrogens (tertiary/aromatic N) is 6. The summed E-state index contributed by atoms with van der Waals surface area (Å²) in [5.74, 6) is -3.03. The summed E-state index contributed by atoms with van der Waals surface area (Å²) in [6.07, 6.45) is 4.63. The van der Waals surface area contributed by atoms with Crippen LogP contribution in [0.2, 0.25) is 0 Å². The van der Waals surface area contributed by atoms with Crippen LogP contribution in [0.1, 0.15) is 104 Å². The van der Waals surface area contributed by atoms with Gasteiger partial charge in [0.05, 0.1) is 62.3 Å². The highest BCUT2D eigenvalue weighted by Crippen LogP contribution is 2.41. The number of amides is 2. The summed E-state index contributed by atoms with van der Waals surface area (Å²) in [6, 6.07) is 11.2. The van der Waals surface area contributed by atoms with Gasteiger partial charge in [0.15, 0.2) is 23.3 Å². The predicted molar refractivity (Wildman–Crippen MR) is 302 cm³/mol. The molecule has 0 spiro atoms. The molecule has 3 fully saturated rings. The lowest BCUT2D eigenvalue weighted by Crippen LogP contribution is -2.52. The molecule has 20 heteroatoms. The van der Waals surface area contributed by atoms with E-state index in [1.165, 1.54) is 36.6 Å². The van der Waals surface area contributed by atoms with Gasteiger partial charge in [0.25, 0.3) is 5.91 Å². The van der Waals surface area contributed by atoms with E-state index in [0.717, 1.165) is 118 Å². The third-order valence-electron chi connectivity index (χ3n) is 13.2. The minimum atomic E-state index is -1.12. The zero-order valence-electron chi connectivity index (χ0n) is 47.5. The van der Waals surface area contributed by atoms with Crippen LogP contribution in [0.4, 0.5) is 24.0 Å². The van der Waals surface area contributed by atoms with Gasteiger partial charge in [-0.25, -0.2) is 13.8 Å². The molecule has 2 aromatic heterocycles. The van der Waals surface area contributed by atoms with Gasteiger partial charge in [-0.1, -0.05) is 67.0 Å². The van der Waals surface area contributed by atoms with E-state index < -0.39 is 18.2 Å². The quantitative estimate of drug-likeness (QED) is 0.0803. The highest BCUT2D eigenvalue weighted by molar-refractivity contribution is 7.14. The number of piperazine rings is 1. The average Bonchev–Trinajstić information content (AvgIpc) is 4.03. The molecule has 2 amide bonds. The first-order chi connectivity index (χ1) is 37.0. The molecule has 6 heterocycles. The smallest absolute Gasteiger partial charge is 0.257 e. The Balaban J connectivity index is 0.000000331. The first kappa shape index (κ1) is 66.2. The van der Waals surface area contributed by atoms with Gasteiger partial charge in [-0.05, 0) is 93.6 Å². The van der Waals surface area contributed by atoms with E-state index in [4.69, 9.17) is 24.0 Å². The molecule has 0 radical (unpaired) electrons. The number of nitrogens with one attached hydrogen (secondary N) is 2. The van der Waals surface area contributed by atoms with Crippen LogP contribution in [0, 0.1) is 22.9 Å². The molecule has 3 saturated heterocycles. The maximum absolute atomic E-state index is 14.6. The number of carbonyl (C=O) groups excluding carboxylic acids is 3. The van der Waals surface area contributed by atoms with E-state index >= 15 is 0 Å². The van der Waals surface area contributed by atoms with Gasteiger partial charge in [0.2, 0.25) is 11.7 Å². The number of fused-ring (bicyclic) bond motifs is 1. The number of hydrogen-bond donors (Lipinski definition) is 4. The number of aliphatic hydroxyl groups excluding tert-OH is 1. The summed E-state index contributed by atoms with van der Waals surface area (Å²) in [5, 5.41) is 18.7. The summed E-state index contributed by atoms with van der Waals surface area (Å²) in [6.45, 7) is 29.1. The summed E-state index contributed by atoms with van der Waals surface area (Å²) in [5.41, 5.74) is 9.33. The lowest BCUT2D eigenvalue weighted by molar-refractivity contribution is -0.123. The molecule has 2 aromatic carbocycles. The minimum absolute atomic E-state index is 0.0761. The van der Waals surface area contributed by atoms with Gasteiger partial charge >= 0.3 is 0 Å². The molecule has 5 N–H and O–H groups in total. The number of morpholine rings is 2. The van der Waals surface area contributed by atoms with E-state index in [1.54, 1.807) is 17.5 Å². The molecule has 77 heavy (non-hydrogen) atoms. The van der Waals surface area contributed by atoms with Crippen molar-refractivity contribution in [2.75, 3.05) is 122 Å². The zero-order valence-corrected chi connectivity index (χ0v) is 48.3. The maximum atomic E-state index is 14.6. The van der Waals surface area contributed by atoms with Crippen LogP contribution < -0.4 is 30.9 Å². The van der Waals surface area contributed by atoms with Gasteiger partial charge in [-0.3, -0.25) is 19.5 Å². The highest BCUT2D eigenvalue weighted by atomic mass is 32.1. The SMILES string of the molecule is C=O.CC.CC1CN(CC(=O)N2CC(C)(C)c3nc(CO)c(Cc4ccc(F)cc4)cc32)CCN1.CCCC(C)(C)CCCNC(=O)COc1c(-c2csc(N3CCOCC3)n2)ccc(F)c1F.CN.CN1CCOCC1. The Morgan fingerprint density at radius 1 is 0.974 bits per heavy atom. The van der Waals surface area contributed by atoms with Crippen LogP contribution in [0.3, 0.4) is 0 Å². The molecule has 1 unspecified atom stereocenters. The number of anilines is 2. The topological polar surface area (TPSA) is 188 Å². The van der Waals surface area contributed by atoms with Crippen LogP contribution in [-0.4, -0.2) is 162 Å². The number of hydrogen-bond acceptors (Lipinski definition) is 15. The highest BCUT2D eigenvalue weighted by Gasteiger charge is 2.41. The molecule has 4 aliphatic rings. The molecule has 0 saturated carbocycles. The number of likely N-dealkylation sites (N-methyl/N-ethyl adjacent to an activating group) is 1. The number of nitrogens with two attached hydrogens (primary N) is 1. The fraction of sp³-hybridized carbons (Fsp3) is 0.596. The monoisotopic (exact) mass is 1100 g/mol. The van der Waals surface area contributed by atoms with E-state index in [1.807, 2.05) is 31.6 Å². The summed E-state index contributed by atoms with van der Waals surface area (Å²) < 4.78 is 57.7. The molecular formula is C57H88F3N9O7S. The molecule has 430 valence electrons. The van der Waals surface area contributed by atoms with E-state index in [-0.39, 0.29) is 40.8 Å². The van der Waals surface area contributed by atoms with Crippen molar-refractivity contribution in [1.82, 2.24) is 30.4 Å². The third kappa shape index (κ3) is 20.9. The van der Waals surface area contributed by atoms with Gasteiger partial charge in [0.1, 0.15) is 12.6 Å². The number of carbonyl (C=O) groups is 3. The third-order valence-corrected chi connectivity index (χ3v) is 14.1. The van der Waals surface area contributed by atoms with Crippen molar-refractivity contribution >= 4 is 40.8 Å². The van der Waals surface area contributed by atoms with Crippen molar-refractivity contribution in [1.29, 1.82) is 0 Å². The molecular weight excluding hydrogens is 1010 g/mol. The Morgan fingerprint density at radius 3 is 2.22 bits per heavy atom. The number of halogens is 3. The second-order valence-electron chi connectivity index (χ2n) is 20.3. The molecule has 1 atom stereocenters. The second kappa shape index (κ2) is 34.1. The van der Waals surface area contributed by atoms with Crippen molar-refractivity contribution in [3.63, 3.8) is 0 Å². The number of thiazole rings is 1. The zero-order chi connectivity index (χ0) is 57.1. The Hall–Kier alpha value is -5.06. The number of benzene rings is 2. The molecule has 0 aliphatic carbocycles. The van der Waals surface area contributed by atoms with E-state index in [2.05, 4.69) is 84.6 Å². The van der Waals surface area contributed by atoms with Crippen LogP contribution in [0.5, 0.6) is 5.75 Å². The molecule has 8 rings (SSSR count). The van der Waals surface area contributed by atoms with Crippen molar-refractivity contribution in [3.8, 4) is 17.0 Å². The molecule has 0 bridgehead atoms. The predicted octanol–water partition coefficient (Wildman–Crippen LogP) is 7.61. The largest absolute Gasteiger partial charge is 0.480 e. The lowest BCUT2D eigenvalue weighted by atomic mass is 9.83. The van der Waals surface area contributed by atoms with Crippen molar-refractivity contribution in [3.05, 3.63) is 87.8 Å². The van der Waals surface area contributed by atoms with E-state index in [0.29, 0.717) is 62.3 Å². The van der Waals surface area contributed by atoms with Crippen molar-refractivity contribution < 1.29 is 46.9 Å². The van der Waals surface area contributed by atoms with Crippen molar-refractivity contribution in [2.24, 2.45) is 11.1 Å². The van der Waals surface area contributed by atoms with Gasteiger partial charge in [-0.15, -0.1) is 11.3 Å². The minimum Gasteiger partial charge on any atom is -0.480 e. The Morgan fingerprint density at radius 2 is 1.62 bits per heavy atom. The number of rotatable bonds is 16. The molecule has 4 aromatic rings. The van der Waals surface area contributed by atoms with Crippen LogP contribution in [0.25, 0.3) is 11.3 Å². The van der Waals surface area contributed by atoms with E-state index in [9.17, 15) is 27.9 Å². The Bertz CT molecular complexity index is 2370. The van der Waals surface area contributed by atoms with Crippen LogP contribution >= 0.6 is 11.3 Å². The summed E-state index contributed by atoms with van der Waals surface area (Å²) in [7, 11) is 3.61. The van der Waals surface area contributed by atoms with Gasteiger partial charge < -0.3 is 55.2 Å². The standard InChI is InChI=1S/C24H33F2N3O3S.C24H31FN4O2.C5H11NO.C2H6.CH5N.CH2O/c1-4-8-24(2,3)9-5-10-27-20(30)15-32-22-17(6-7-18(25)21(22)26)19-16-33-23(28-19)29-11-13-31-14-12-29;1-16-12-28(9-8-26-16)13-22(31)29-15-24(2,3)23-21(29)11-18(20(14-30)27-23)10-17-4-6-19(25)7-5-17;1-6-2-4-7-5-3-6;3*1-2/h6-7,16H,4-5,8-15H2,1-3H3,(H,27,30);4-7,11,16,26,30H,8-10,12-15H2,1-3H3;2-5H2,1H3;1-2H3;2H2,1H3;1H2. The number of aromatic nitrogens is 2. The average molecular weight is 1100 g/mol. The van der Waals surface area contributed by atoms with Gasteiger partial charge in [0, 0.05) is 81.3 Å². The first-order valence-corrected chi connectivity index (χ1v) is 27.8. The Kier molecular flexibility index (Phi) is 29.3. The first-order valence-electron chi connectivity index (χ1n) is 26.9. The number of aliphatic hydroxyl groups is 1. The van der Waals surface area contributed by atoms with Crippen LogP contribution in [-0.2, 0) is 42.3 Å². The number of ether oxygens (including phenoxy) is 3. The fourth-order valence-corrected chi connectivity index (χ4v) is 10.1. The number of pyridine rings is 1. The maximum Gasteiger partial charge on any atom is 0.257 e. The fourth-order valence-electron chi connectivity index (χ4n) is 9.21. The summed E-state index contributed by atoms with van der Waals surface area (Å²) in [4.78, 5) is 51.3. The second-order valence-corrected chi connectivity index (χ2v) is 21.1. The summed E-state index contributed by atoms with van der Waals surface area (Å²) >= 11 is 1.42. The molecule has 16 nitrogen and oxygen atoms in total. The Labute approximate surface area is 460 Å².